The molecule has 0 heterocycles. The van der Waals surface area contributed by atoms with Gasteiger partial charge in [-0.3, -0.25) is 9.59 Å². The average Bonchev–Trinajstić information content (AvgIpc) is 3.22. The molecular weight excluding hydrogens is 376 g/mol. The quantitative estimate of drug-likeness (QED) is 0.691. The Labute approximate surface area is 179 Å². The van der Waals surface area contributed by atoms with Crippen molar-refractivity contribution in [2.75, 3.05) is 18.9 Å². The average molecular weight is 409 g/mol. The number of rotatable bonds is 8. The molecule has 3 rings (SSSR count). The summed E-state index contributed by atoms with van der Waals surface area (Å²) in [5.74, 6) is 0.650. The first-order valence-corrected chi connectivity index (χ1v) is 10.8. The molecule has 0 unspecified atom stereocenters. The maximum absolute atomic E-state index is 12.5. The fourth-order valence-corrected chi connectivity index (χ4v) is 3.91. The van der Waals surface area contributed by atoms with Gasteiger partial charge in [0.1, 0.15) is 5.75 Å². The van der Waals surface area contributed by atoms with Crippen LogP contribution in [0.15, 0.2) is 42.5 Å². The number of amides is 2. The van der Waals surface area contributed by atoms with Gasteiger partial charge in [-0.15, -0.1) is 0 Å². The highest BCUT2D eigenvalue weighted by atomic mass is 16.5. The first kappa shape index (κ1) is 21.9. The van der Waals surface area contributed by atoms with Crippen LogP contribution in [-0.2, 0) is 16.0 Å². The molecule has 0 aliphatic heterocycles. The number of anilines is 1. The summed E-state index contributed by atoms with van der Waals surface area (Å²) in [5, 5.41) is 2.93. The second-order valence-electron chi connectivity index (χ2n) is 8.24. The van der Waals surface area contributed by atoms with Crippen LogP contribution in [0, 0.1) is 13.8 Å². The molecule has 30 heavy (non-hydrogen) atoms. The lowest BCUT2D eigenvalue weighted by Gasteiger charge is -2.18. The Bertz CT molecular complexity index is 867. The van der Waals surface area contributed by atoms with Crippen molar-refractivity contribution in [1.29, 1.82) is 0 Å². The zero-order valence-corrected chi connectivity index (χ0v) is 18.2. The minimum Gasteiger partial charge on any atom is -0.490 e. The lowest BCUT2D eigenvalue weighted by molar-refractivity contribution is -0.133. The largest absolute Gasteiger partial charge is 0.490 e. The van der Waals surface area contributed by atoms with E-state index in [2.05, 4.69) is 5.32 Å². The minimum absolute atomic E-state index is 0.0391. The number of hydrogen-bond acceptors (Lipinski definition) is 3. The highest BCUT2D eigenvalue weighted by molar-refractivity contribution is 5.95. The molecule has 1 aliphatic carbocycles. The lowest BCUT2D eigenvalue weighted by Crippen LogP contribution is -2.35. The highest BCUT2D eigenvalue weighted by Gasteiger charge is 2.17. The fourth-order valence-electron chi connectivity index (χ4n) is 3.91. The molecule has 5 heteroatoms. The van der Waals surface area contributed by atoms with Crippen molar-refractivity contribution < 1.29 is 14.3 Å². The molecule has 1 N–H and O–H groups in total. The zero-order valence-electron chi connectivity index (χ0n) is 18.2. The number of nitrogens with zero attached hydrogens (tertiary/aromatic N) is 1. The van der Waals surface area contributed by atoms with Crippen LogP contribution in [0.3, 0.4) is 0 Å². The molecule has 0 radical (unpaired) electrons. The third kappa shape index (κ3) is 6.09. The molecule has 5 nitrogen and oxygen atoms in total. The van der Waals surface area contributed by atoms with E-state index in [4.69, 9.17) is 4.74 Å². The molecule has 160 valence electrons. The Kier molecular flexibility index (Phi) is 7.50. The van der Waals surface area contributed by atoms with E-state index < -0.39 is 0 Å². The zero-order chi connectivity index (χ0) is 21.5. The van der Waals surface area contributed by atoms with Gasteiger partial charge in [-0.2, -0.15) is 0 Å². The van der Waals surface area contributed by atoms with E-state index in [0.717, 1.165) is 41.0 Å². The predicted octanol–water partition coefficient (Wildman–Crippen LogP) is 4.65. The summed E-state index contributed by atoms with van der Waals surface area (Å²) in [6.45, 7) is 3.96. The first-order valence-electron chi connectivity index (χ1n) is 10.8. The summed E-state index contributed by atoms with van der Waals surface area (Å²) >= 11 is 0. The van der Waals surface area contributed by atoms with Crippen LogP contribution in [0.25, 0.3) is 0 Å². The van der Waals surface area contributed by atoms with Crippen LogP contribution in [0.5, 0.6) is 5.75 Å². The molecule has 2 aromatic carbocycles. The number of carbonyl (C=O) groups excluding carboxylic acids is 2. The van der Waals surface area contributed by atoms with E-state index in [0.29, 0.717) is 18.9 Å². The summed E-state index contributed by atoms with van der Waals surface area (Å²) < 4.78 is 6.05. The third-order valence-electron chi connectivity index (χ3n) is 5.68. The van der Waals surface area contributed by atoms with Gasteiger partial charge in [0.15, 0.2) is 0 Å². The Morgan fingerprint density at radius 1 is 1.07 bits per heavy atom. The third-order valence-corrected chi connectivity index (χ3v) is 5.68. The van der Waals surface area contributed by atoms with Crippen LogP contribution in [0.2, 0.25) is 0 Å². The number of benzene rings is 2. The predicted molar refractivity (Wildman–Crippen MR) is 120 cm³/mol. The molecule has 2 aromatic rings. The van der Waals surface area contributed by atoms with Crippen molar-refractivity contribution in [2.45, 2.75) is 58.5 Å². The molecule has 1 fully saturated rings. The van der Waals surface area contributed by atoms with Crippen molar-refractivity contribution in [3.8, 4) is 5.75 Å². The second-order valence-corrected chi connectivity index (χ2v) is 8.24. The number of likely N-dealkylation sites (N-methyl/N-ethyl adjacent to an activating group) is 1. The number of para-hydroxylation sites is 1. The molecular formula is C25H32N2O3. The van der Waals surface area contributed by atoms with Crippen molar-refractivity contribution in [1.82, 2.24) is 4.90 Å². The summed E-state index contributed by atoms with van der Waals surface area (Å²) in [6, 6.07) is 13.9. The van der Waals surface area contributed by atoms with Gasteiger partial charge < -0.3 is 15.0 Å². The van der Waals surface area contributed by atoms with E-state index >= 15 is 0 Å². The molecule has 0 aromatic heterocycles. The summed E-state index contributed by atoms with van der Waals surface area (Å²) in [7, 11) is 1.67. The van der Waals surface area contributed by atoms with Gasteiger partial charge in [0.2, 0.25) is 11.8 Å². The van der Waals surface area contributed by atoms with Gasteiger partial charge in [-0.1, -0.05) is 30.3 Å². The van der Waals surface area contributed by atoms with Gasteiger partial charge in [0.25, 0.3) is 0 Å². The van der Waals surface area contributed by atoms with Crippen LogP contribution in [-0.4, -0.2) is 36.4 Å². The first-order chi connectivity index (χ1) is 14.4. The normalized spacial score (nSPS) is 13.8. The molecule has 0 saturated heterocycles. The van der Waals surface area contributed by atoms with E-state index in [-0.39, 0.29) is 18.4 Å². The van der Waals surface area contributed by atoms with Gasteiger partial charge in [0, 0.05) is 19.2 Å². The number of nitrogens with one attached hydrogen (secondary N) is 1. The van der Waals surface area contributed by atoms with Gasteiger partial charge in [-0.05, 0) is 74.8 Å². The molecule has 1 saturated carbocycles. The van der Waals surface area contributed by atoms with Gasteiger partial charge >= 0.3 is 0 Å². The number of carbonyl (C=O) groups is 2. The number of ether oxygens (including phenoxy) is 1. The maximum Gasteiger partial charge on any atom is 0.243 e. The van der Waals surface area contributed by atoms with Crippen molar-refractivity contribution in [2.24, 2.45) is 0 Å². The van der Waals surface area contributed by atoms with E-state index in [1.54, 1.807) is 7.05 Å². The fraction of sp³-hybridized carbons (Fsp3) is 0.440. The molecule has 0 spiro atoms. The molecule has 1 aliphatic rings. The summed E-state index contributed by atoms with van der Waals surface area (Å²) in [5.41, 5.74) is 3.92. The Morgan fingerprint density at radius 3 is 2.43 bits per heavy atom. The van der Waals surface area contributed by atoms with E-state index in [1.807, 2.05) is 56.3 Å². The standard InChI is InChI=1S/C25H32N2O3/c1-18-8-6-9-19(2)25(18)26-23(28)17-27(3)24(29)15-14-20-10-7-13-22(16-20)30-21-11-4-5-12-21/h6-10,13,16,21H,4-5,11-12,14-15,17H2,1-3H3,(H,26,28). The van der Waals surface area contributed by atoms with E-state index in [1.165, 1.54) is 17.7 Å². The summed E-state index contributed by atoms with van der Waals surface area (Å²) in [4.78, 5) is 26.4. The van der Waals surface area contributed by atoms with Crippen molar-refractivity contribution in [3.05, 3.63) is 59.2 Å². The van der Waals surface area contributed by atoms with Crippen LogP contribution in [0.4, 0.5) is 5.69 Å². The van der Waals surface area contributed by atoms with Crippen LogP contribution >= 0.6 is 0 Å². The van der Waals surface area contributed by atoms with Crippen molar-refractivity contribution in [3.63, 3.8) is 0 Å². The lowest BCUT2D eigenvalue weighted by atomic mass is 10.1. The minimum atomic E-state index is -0.185. The smallest absolute Gasteiger partial charge is 0.243 e. The SMILES string of the molecule is Cc1cccc(C)c1NC(=O)CN(C)C(=O)CCc1cccc(OC2CCCC2)c1. The van der Waals surface area contributed by atoms with Gasteiger partial charge in [0.05, 0.1) is 12.6 Å². The molecule has 2 amide bonds. The maximum atomic E-state index is 12.5. The van der Waals surface area contributed by atoms with E-state index in [9.17, 15) is 9.59 Å². The Morgan fingerprint density at radius 2 is 1.73 bits per heavy atom. The van der Waals surface area contributed by atoms with Crippen LogP contribution < -0.4 is 10.1 Å². The number of aryl methyl sites for hydroxylation is 3. The monoisotopic (exact) mass is 408 g/mol. The van der Waals surface area contributed by atoms with Crippen molar-refractivity contribution >= 4 is 17.5 Å². The summed E-state index contributed by atoms with van der Waals surface area (Å²) in [6.07, 6.45) is 6.03. The highest BCUT2D eigenvalue weighted by Crippen LogP contribution is 2.25. The van der Waals surface area contributed by atoms with Gasteiger partial charge in [-0.25, -0.2) is 0 Å². The van der Waals surface area contributed by atoms with Crippen LogP contribution in [0.1, 0.15) is 48.8 Å². The Balaban J connectivity index is 1.48. The topological polar surface area (TPSA) is 58.6 Å². The second kappa shape index (κ2) is 10.3. The molecule has 0 bridgehead atoms. The number of hydrogen-bond donors (Lipinski definition) is 1. The Hall–Kier alpha value is -2.82. The molecule has 0 atom stereocenters.